The minimum absolute atomic E-state index is 0.247. The van der Waals surface area contributed by atoms with E-state index >= 15 is 0 Å². The van der Waals surface area contributed by atoms with Gasteiger partial charge in [-0.1, -0.05) is 11.3 Å². The summed E-state index contributed by atoms with van der Waals surface area (Å²) in [7, 11) is 0. The highest BCUT2D eigenvalue weighted by Crippen LogP contribution is 2.14. The van der Waals surface area contributed by atoms with E-state index in [9.17, 15) is 9.59 Å². The van der Waals surface area contributed by atoms with Crippen molar-refractivity contribution >= 4 is 22.4 Å². The highest BCUT2D eigenvalue weighted by atomic mass is 32.1. The van der Waals surface area contributed by atoms with Crippen molar-refractivity contribution in [3.63, 3.8) is 0 Å². The highest BCUT2D eigenvalue weighted by Gasteiger charge is 2.08. The fourth-order valence-electron chi connectivity index (χ4n) is 1.07. The van der Waals surface area contributed by atoms with Gasteiger partial charge in [-0.25, -0.2) is 0 Å². The van der Waals surface area contributed by atoms with E-state index in [1.807, 2.05) is 0 Å². The molecule has 2 aromatic heterocycles. The minimum atomic E-state index is -0.326. The lowest BCUT2D eigenvalue weighted by atomic mass is 10.3. The van der Waals surface area contributed by atoms with Crippen molar-refractivity contribution in [1.29, 1.82) is 0 Å². The van der Waals surface area contributed by atoms with Crippen LogP contribution in [-0.4, -0.2) is 21.1 Å². The number of nitrogens with one attached hydrogen (secondary N) is 2. The van der Waals surface area contributed by atoms with Gasteiger partial charge in [0.05, 0.1) is 5.56 Å². The average Bonchev–Trinajstić information content (AvgIpc) is 2.65. The Kier molecular flexibility index (Phi) is 2.78. The molecule has 2 N–H and O–H groups in total. The number of amides is 1. The Labute approximate surface area is 94.4 Å². The van der Waals surface area contributed by atoms with Crippen LogP contribution in [0.3, 0.4) is 0 Å². The zero-order valence-corrected chi connectivity index (χ0v) is 9.17. The summed E-state index contributed by atoms with van der Waals surface area (Å²) in [5, 5.41) is 11.3. The van der Waals surface area contributed by atoms with Crippen molar-refractivity contribution in [2.75, 3.05) is 5.32 Å². The Bertz CT molecular complexity index is 554. The second-order valence-corrected chi connectivity index (χ2v) is 4.20. The second-order valence-electron chi connectivity index (χ2n) is 3.02. The van der Waals surface area contributed by atoms with Crippen LogP contribution in [0.4, 0.5) is 5.13 Å². The monoisotopic (exact) mass is 236 g/mol. The normalized spacial score (nSPS) is 10.1. The highest BCUT2D eigenvalue weighted by molar-refractivity contribution is 7.15. The van der Waals surface area contributed by atoms with Gasteiger partial charge in [0, 0.05) is 12.3 Å². The van der Waals surface area contributed by atoms with E-state index in [1.54, 1.807) is 6.92 Å². The Morgan fingerprint density at radius 1 is 1.44 bits per heavy atom. The summed E-state index contributed by atoms with van der Waals surface area (Å²) in [6.07, 6.45) is 1.35. The summed E-state index contributed by atoms with van der Waals surface area (Å²) in [4.78, 5) is 24.9. The Balaban J connectivity index is 2.14. The van der Waals surface area contributed by atoms with Gasteiger partial charge in [-0.3, -0.25) is 14.9 Å². The quantitative estimate of drug-likeness (QED) is 0.806. The van der Waals surface area contributed by atoms with Crippen LogP contribution < -0.4 is 10.9 Å². The Morgan fingerprint density at radius 2 is 2.25 bits per heavy atom. The van der Waals surface area contributed by atoms with Gasteiger partial charge in [0.2, 0.25) is 10.7 Å². The fourth-order valence-corrected chi connectivity index (χ4v) is 1.66. The molecule has 2 heterocycles. The van der Waals surface area contributed by atoms with E-state index in [2.05, 4.69) is 20.5 Å². The average molecular weight is 236 g/mol. The molecule has 0 saturated carbocycles. The molecule has 0 atom stereocenters. The number of H-pyrrole nitrogens is 1. The molecule has 0 aliphatic carbocycles. The molecule has 2 rings (SSSR count). The molecular weight excluding hydrogens is 228 g/mol. The molecule has 0 radical (unpaired) electrons. The lowest BCUT2D eigenvalue weighted by Gasteiger charge is -1.99. The maximum atomic E-state index is 11.6. The number of nitrogens with zero attached hydrogens (tertiary/aromatic N) is 2. The van der Waals surface area contributed by atoms with Gasteiger partial charge in [0.1, 0.15) is 5.01 Å². The molecule has 0 aromatic carbocycles. The number of hydrogen-bond acceptors (Lipinski definition) is 5. The summed E-state index contributed by atoms with van der Waals surface area (Å²) in [6, 6.07) is 2.74. The van der Waals surface area contributed by atoms with Crippen molar-refractivity contribution in [2.45, 2.75) is 6.92 Å². The van der Waals surface area contributed by atoms with Crippen LogP contribution in [0.15, 0.2) is 23.1 Å². The number of aryl methyl sites for hydroxylation is 1. The van der Waals surface area contributed by atoms with Crippen molar-refractivity contribution in [2.24, 2.45) is 0 Å². The van der Waals surface area contributed by atoms with Crippen molar-refractivity contribution in [1.82, 2.24) is 15.2 Å². The van der Waals surface area contributed by atoms with Crippen LogP contribution in [0, 0.1) is 6.92 Å². The lowest BCUT2D eigenvalue weighted by molar-refractivity contribution is 0.102. The maximum absolute atomic E-state index is 11.6. The van der Waals surface area contributed by atoms with Crippen LogP contribution in [0.5, 0.6) is 0 Å². The van der Waals surface area contributed by atoms with E-state index in [0.717, 1.165) is 5.01 Å². The number of aromatic amines is 1. The molecule has 0 fully saturated rings. The van der Waals surface area contributed by atoms with E-state index < -0.39 is 0 Å². The van der Waals surface area contributed by atoms with Crippen molar-refractivity contribution < 1.29 is 4.79 Å². The molecule has 0 unspecified atom stereocenters. The smallest absolute Gasteiger partial charge is 0.258 e. The van der Waals surface area contributed by atoms with Crippen LogP contribution in [0.1, 0.15) is 15.4 Å². The summed E-state index contributed by atoms with van der Waals surface area (Å²) in [5.41, 5.74) is 0.121. The SMILES string of the molecule is Cc1nnc(NC(=O)c2ccc(=O)[nH]c2)s1. The van der Waals surface area contributed by atoms with Gasteiger partial charge >= 0.3 is 0 Å². The fraction of sp³-hybridized carbons (Fsp3) is 0.111. The molecule has 6 nitrogen and oxygen atoms in total. The van der Waals surface area contributed by atoms with E-state index in [-0.39, 0.29) is 11.5 Å². The molecule has 0 bridgehead atoms. The van der Waals surface area contributed by atoms with Gasteiger partial charge in [-0.05, 0) is 13.0 Å². The number of hydrogen-bond donors (Lipinski definition) is 2. The van der Waals surface area contributed by atoms with Crippen LogP contribution in [-0.2, 0) is 0 Å². The summed E-state index contributed by atoms with van der Waals surface area (Å²) in [6.45, 7) is 1.80. The third kappa shape index (κ3) is 2.31. The molecule has 1 amide bonds. The third-order valence-corrected chi connectivity index (χ3v) is 2.55. The zero-order chi connectivity index (χ0) is 11.5. The number of pyridine rings is 1. The standard InChI is InChI=1S/C9H8N4O2S/c1-5-12-13-9(16-5)11-8(15)6-2-3-7(14)10-4-6/h2-4H,1H3,(H,10,14)(H,11,13,15). The predicted molar refractivity (Wildman–Crippen MR) is 59.7 cm³/mol. The predicted octanol–water partition coefficient (Wildman–Crippen LogP) is 0.787. The molecular formula is C9H8N4O2S. The largest absolute Gasteiger partial charge is 0.328 e. The minimum Gasteiger partial charge on any atom is -0.328 e. The first-order valence-corrected chi connectivity index (χ1v) is 5.27. The maximum Gasteiger partial charge on any atom is 0.258 e. The van der Waals surface area contributed by atoms with Crippen molar-refractivity contribution in [3.8, 4) is 0 Å². The third-order valence-electron chi connectivity index (χ3n) is 1.79. The summed E-state index contributed by atoms with van der Waals surface area (Å²) < 4.78 is 0. The lowest BCUT2D eigenvalue weighted by Crippen LogP contribution is -2.14. The Hall–Kier alpha value is -2.02. The number of carbonyl (C=O) groups excluding carboxylic acids is 1. The first-order valence-electron chi connectivity index (χ1n) is 4.45. The molecule has 2 aromatic rings. The molecule has 7 heteroatoms. The summed E-state index contributed by atoms with van der Waals surface area (Å²) in [5.74, 6) is -0.326. The van der Waals surface area contributed by atoms with E-state index in [1.165, 1.54) is 29.7 Å². The molecule has 0 spiro atoms. The van der Waals surface area contributed by atoms with Gasteiger partial charge in [-0.2, -0.15) is 0 Å². The molecule has 82 valence electrons. The number of rotatable bonds is 2. The van der Waals surface area contributed by atoms with Crippen LogP contribution in [0.25, 0.3) is 0 Å². The zero-order valence-electron chi connectivity index (χ0n) is 8.35. The topological polar surface area (TPSA) is 87.7 Å². The number of anilines is 1. The number of aromatic nitrogens is 3. The summed E-state index contributed by atoms with van der Waals surface area (Å²) >= 11 is 1.29. The van der Waals surface area contributed by atoms with E-state index in [0.29, 0.717) is 10.7 Å². The van der Waals surface area contributed by atoms with Gasteiger partial charge < -0.3 is 4.98 Å². The van der Waals surface area contributed by atoms with Crippen LogP contribution in [0.2, 0.25) is 0 Å². The molecule has 0 saturated heterocycles. The molecule has 0 aliphatic rings. The first-order chi connectivity index (χ1) is 7.65. The molecule has 16 heavy (non-hydrogen) atoms. The molecule has 0 aliphatic heterocycles. The number of carbonyl (C=O) groups is 1. The Morgan fingerprint density at radius 3 is 2.81 bits per heavy atom. The van der Waals surface area contributed by atoms with E-state index in [4.69, 9.17) is 0 Å². The van der Waals surface area contributed by atoms with Crippen LogP contribution >= 0.6 is 11.3 Å². The van der Waals surface area contributed by atoms with Gasteiger partial charge in [0.25, 0.3) is 5.91 Å². The van der Waals surface area contributed by atoms with Crippen molar-refractivity contribution in [3.05, 3.63) is 39.3 Å². The first kappa shape index (κ1) is 10.5. The second kappa shape index (κ2) is 4.23. The van der Waals surface area contributed by atoms with Gasteiger partial charge in [0.15, 0.2) is 0 Å². The van der Waals surface area contributed by atoms with Gasteiger partial charge in [-0.15, -0.1) is 10.2 Å².